The lowest BCUT2D eigenvalue weighted by atomic mass is 10.2. The SMILES string of the molecule is CCCN(C(=O)c1ccc(C(=O)O)nc1)C1CC1. The number of carboxylic acid groups (broad SMARTS) is 1. The van der Waals surface area contributed by atoms with Crippen LogP contribution in [0, 0.1) is 0 Å². The normalized spacial score (nSPS) is 14.3. The Kier molecular flexibility index (Phi) is 3.60. The summed E-state index contributed by atoms with van der Waals surface area (Å²) in [6.07, 6.45) is 4.39. The molecule has 1 aromatic heterocycles. The topological polar surface area (TPSA) is 70.5 Å². The van der Waals surface area contributed by atoms with Crippen molar-refractivity contribution in [3.8, 4) is 0 Å². The molecule has 1 fully saturated rings. The maximum Gasteiger partial charge on any atom is 0.354 e. The van der Waals surface area contributed by atoms with E-state index in [1.54, 1.807) is 0 Å². The highest BCUT2D eigenvalue weighted by Crippen LogP contribution is 2.28. The van der Waals surface area contributed by atoms with Crippen molar-refractivity contribution < 1.29 is 14.7 Å². The molecule has 0 aliphatic heterocycles. The predicted octanol–water partition coefficient (Wildman–Crippen LogP) is 1.79. The van der Waals surface area contributed by atoms with E-state index in [9.17, 15) is 9.59 Å². The second-order valence-electron chi connectivity index (χ2n) is 4.47. The summed E-state index contributed by atoms with van der Waals surface area (Å²) in [5.74, 6) is -1.13. The number of pyridine rings is 1. The summed E-state index contributed by atoms with van der Waals surface area (Å²) in [5, 5.41) is 8.75. The van der Waals surface area contributed by atoms with Crippen molar-refractivity contribution in [1.29, 1.82) is 0 Å². The minimum atomic E-state index is -1.08. The zero-order valence-corrected chi connectivity index (χ0v) is 10.3. The minimum Gasteiger partial charge on any atom is -0.477 e. The fraction of sp³-hybridized carbons (Fsp3) is 0.462. The van der Waals surface area contributed by atoms with E-state index < -0.39 is 5.97 Å². The molecule has 96 valence electrons. The standard InChI is InChI=1S/C13H16N2O3/c1-2-7-15(10-4-5-10)12(16)9-3-6-11(13(17)18)14-8-9/h3,6,8,10H,2,4-5,7H2,1H3,(H,17,18). The van der Waals surface area contributed by atoms with Gasteiger partial charge in [-0.1, -0.05) is 6.92 Å². The third-order valence-electron chi connectivity index (χ3n) is 2.94. The number of rotatable bonds is 5. The van der Waals surface area contributed by atoms with Crippen LogP contribution in [0.5, 0.6) is 0 Å². The molecule has 0 spiro atoms. The number of amides is 1. The molecular weight excluding hydrogens is 232 g/mol. The summed E-state index contributed by atoms with van der Waals surface area (Å²) in [4.78, 5) is 28.5. The number of carboxylic acids is 1. The van der Waals surface area contributed by atoms with Gasteiger partial charge >= 0.3 is 5.97 Å². The molecule has 1 amide bonds. The molecule has 0 aromatic carbocycles. The molecule has 1 saturated carbocycles. The first kappa shape index (κ1) is 12.5. The molecule has 18 heavy (non-hydrogen) atoms. The molecule has 0 saturated heterocycles. The van der Waals surface area contributed by atoms with Gasteiger partial charge in [0.1, 0.15) is 5.69 Å². The van der Waals surface area contributed by atoms with Crippen LogP contribution in [0.2, 0.25) is 0 Å². The Morgan fingerprint density at radius 1 is 1.44 bits per heavy atom. The maximum atomic E-state index is 12.2. The molecule has 1 aliphatic carbocycles. The van der Waals surface area contributed by atoms with Crippen molar-refractivity contribution >= 4 is 11.9 Å². The fourth-order valence-corrected chi connectivity index (χ4v) is 1.89. The second kappa shape index (κ2) is 5.16. The minimum absolute atomic E-state index is 0.0417. The van der Waals surface area contributed by atoms with E-state index in [-0.39, 0.29) is 11.6 Å². The fourth-order valence-electron chi connectivity index (χ4n) is 1.89. The Hall–Kier alpha value is -1.91. The Labute approximate surface area is 105 Å². The van der Waals surface area contributed by atoms with E-state index in [1.165, 1.54) is 18.3 Å². The lowest BCUT2D eigenvalue weighted by Gasteiger charge is -2.21. The molecule has 1 N–H and O–H groups in total. The molecule has 0 unspecified atom stereocenters. The molecule has 0 atom stereocenters. The lowest BCUT2D eigenvalue weighted by molar-refractivity contribution is 0.0686. The molecule has 1 heterocycles. The quantitative estimate of drug-likeness (QED) is 0.862. The van der Waals surface area contributed by atoms with Gasteiger partial charge in [0.05, 0.1) is 5.56 Å². The second-order valence-corrected chi connectivity index (χ2v) is 4.47. The van der Waals surface area contributed by atoms with Gasteiger partial charge in [0.25, 0.3) is 5.91 Å². The van der Waals surface area contributed by atoms with Crippen molar-refractivity contribution in [1.82, 2.24) is 9.88 Å². The summed E-state index contributed by atoms with van der Waals surface area (Å²) >= 11 is 0. The van der Waals surface area contributed by atoms with E-state index in [0.29, 0.717) is 11.6 Å². The van der Waals surface area contributed by atoms with Gasteiger partial charge in [0.2, 0.25) is 0 Å². The smallest absolute Gasteiger partial charge is 0.354 e. The van der Waals surface area contributed by atoms with E-state index in [1.807, 2.05) is 11.8 Å². The monoisotopic (exact) mass is 248 g/mol. The first-order chi connectivity index (χ1) is 8.63. The van der Waals surface area contributed by atoms with Crippen LogP contribution in [-0.2, 0) is 0 Å². The van der Waals surface area contributed by atoms with Crippen LogP contribution in [0.4, 0.5) is 0 Å². The van der Waals surface area contributed by atoms with Crippen LogP contribution >= 0.6 is 0 Å². The summed E-state index contributed by atoms with van der Waals surface area (Å²) in [6.45, 7) is 2.78. The van der Waals surface area contributed by atoms with Crippen LogP contribution in [0.15, 0.2) is 18.3 Å². The Morgan fingerprint density at radius 3 is 2.61 bits per heavy atom. The van der Waals surface area contributed by atoms with Crippen molar-refractivity contribution in [3.05, 3.63) is 29.6 Å². The Morgan fingerprint density at radius 2 is 2.17 bits per heavy atom. The van der Waals surface area contributed by atoms with E-state index in [4.69, 9.17) is 5.11 Å². The number of hydrogen-bond acceptors (Lipinski definition) is 3. The summed E-state index contributed by atoms with van der Waals surface area (Å²) in [5.41, 5.74) is 0.417. The van der Waals surface area contributed by atoms with E-state index in [2.05, 4.69) is 4.98 Å². The summed E-state index contributed by atoms with van der Waals surface area (Å²) in [6, 6.07) is 3.26. The third-order valence-corrected chi connectivity index (χ3v) is 2.94. The zero-order valence-electron chi connectivity index (χ0n) is 10.3. The van der Waals surface area contributed by atoms with Crippen LogP contribution in [0.25, 0.3) is 0 Å². The van der Waals surface area contributed by atoms with Crippen LogP contribution < -0.4 is 0 Å². The van der Waals surface area contributed by atoms with Gasteiger partial charge in [-0.2, -0.15) is 0 Å². The Bertz CT molecular complexity index is 452. The average molecular weight is 248 g/mol. The molecule has 5 heteroatoms. The van der Waals surface area contributed by atoms with Crippen LogP contribution in [0.3, 0.4) is 0 Å². The highest BCUT2D eigenvalue weighted by molar-refractivity contribution is 5.95. The van der Waals surface area contributed by atoms with Crippen molar-refractivity contribution in [2.45, 2.75) is 32.2 Å². The number of carbonyl (C=O) groups excluding carboxylic acids is 1. The summed E-state index contributed by atoms with van der Waals surface area (Å²) < 4.78 is 0. The number of aromatic carboxylic acids is 1. The van der Waals surface area contributed by atoms with Gasteiger partial charge in [0.15, 0.2) is 0 Å². The van der Waals surface area contributed by atoms with Crippen LogP contribution in [-0.4, -0.2) is 39.5 Å². The predicted molar refractivity (Wildman–Crippen MR) is 65.5 cm³/mol. The van der Waals surface area contributed by atoms with E-state index >= 15 is 0 Å². The number of hydrogen-bond donors (Lipinski definition) is 1. The summed E-state index contributed by atoms with van der Waals surface area (Å²) in [7, 11) is 0. The average Bonchev–Trinajstić information content (AvgIpc) is 3.19. The lowest BCUT2D eigenvalue weighted by Crippen LogP contribution is -2.33. The molecular formula is C13H16N2O3. The largest absolute Gasteiger partial charge is 0.477 e. The highest BCUT2D eigenvalue weighted by Gasteiger charge is 2.32. The van der Waals surface area contributed by atoms with Gasteiger partial charge in [-0.3, -0.25) is 4.79 Å². The van der Waals surface area contributed by atoms with Gasteiger partial charge in [-0.05, 0) is 31.4 Å². The maximum absolute atomic E-state index is 12.2. The highest BCUT2D eigenvalue weighted by atomic mass is 16.4. The molecule has 2 rings (SSSR count). The van der Waals surface area contributed by atoms with Gasteiger partial charge < -0.3 is 10.0 Å². The van der Waals surface area contributed by atoms with E-state index in [0.717, 1.165) is 25.8 Å². The molecule has 5 nitrogen and oxygen atoms in total. The van der Waals surface area contributed by atoms with Gasteiger partial charge in [-0.25, -0.2) is 9.78 Å². The molecule has 1 aromatic rings. The number of aromatic nitrogens is 1. The van der Waals surface area contributed by atoms with Crippen molar-refractivity contribution in [2.24, 2.45) is 0 Å². The van der Waals surface area contributed by atoms with Gasteiger partial charge in [0, 0.05) is 18.8 Å². The first-order valence-electron chi connectivity index (χ1n) is 6.13. The molecule has 0 radical (unpaired) electrons. The van der Waals surface area contributed by atoms with Crippen molar-refractivity contribution in [3.63, 3.8) is 0 Å². The van der Waals surface area contributed by atoms with Crippen molar-refractivity contribution in [2.75, 3.05) is 6.54 Å². The zero-order chi connectivity index (χ0) is 13.1. The molecule has 1 aliphatic rings. The number of carbonyl (C=O) groups is 2. The van der Waals surface area contributed by atoms with Crippen LogP contribution in [0.1, 0.15) is 47.0 Å². The third kappa shape index (κ3) is 2.67. The number of nitrogens with zero attached hydrogens (tertiary/aromatic N) is 2. The first-order valence-corrected chi connectivity index (χ1v) is 6.13. The van der Waals surface area contributed by atoms with Gasteiger partial charge in [-0.15, -0.1) is 0 Å². The molecule has 0 bridgehead atoms. The Balaban J connectivity index is 2.13.